The van der Waals surface area contributed by atoms with Crippen LogP contribution in [0.4, 0.5) is 5.69 Å². The Kier molecular flexibility index (Phi) is 4.05. The summed E-state index contributed by atoms with van der Waals surface area (Å²) in [5, 5.41) is 4.02. The van der Waals surface area contributed by atoms with E-state index in [0.717, 1.165) is 11.3 Å². The Bertz CT molecular complexity index is 393. The Morgan fingerprint density at radius 2 is 1.88 bits per heavy atom. The highest BCUT2D eigenvalue weighted by atomic mass is 16.2. The van der Waals surface area contributed by atoms with E-state index in [-0.39, 0.29) is 11.8 Å². The number of hydrazone groups is 1. The van der Waals surface area contributed by atoms with Gasteiger partial charge in [0.25, 0.3) is 0 Å². The highest BCUT2D eigenvalue weighted by Crippen LogP contribution is 2.06. The zero-order valence-corrected chi connectivity index (χ0v) is 9.82. The van der Waals surface area contributed by atoms with E-state index in [9.17, 15) is 4.79 Å². The maximum Gasteiger partial charge on any atom is 0.242 e. The van der Waals surface area contributed by atoms with E-state index < -0.39 is 0 Å². The molecule has 1 aromatic rings. The second kappa shape index (κ2) is 5.30. The van der Waals surface area contributed by atoms with Crippen LogP contribution in [-0.2, 0) is 4.79 Å². The van der Waals surface area contributed by atoms with Gasteiger partial charge in [-0.25, -0.2) is 5.43 Å². The number of nitrogens with two attached hydrogens (primary N) is 1. The second-order valence-electron chi connectivity index (χ2n) is 3.95. The molecule has 0 radical (unpaired) electrons. The van der Waals surface area contributed by atoms with Crippen LogP contribution in [0.15, 0.2) is 29.4 Å². The van der Waals surface area contributed by atoms with Gasteiger partial charge in [0.15, 0.2) is 0 Å². The fourth-order valence-corrected chi connectivity index (χ4v) is 1.06. The molecular formula is C12H17N3O. The minimum Gasteiger partial charge on any atom is -0.399 e. The fourth-order valence-electron chi connectivity index (χ4n) is 1.06. The Balaban J connectivity index is 2.70. The highest BCUT2D eigenvalue weighted by molar-refractivity contribution is 5.99. The summed E-state index contributed by atoms with van der Waals surface area (Å²) >= 11 is 0. The third-order valence-corrected chi connectivity index (χ3v) is 2.19. The van der Waals surface area contributed by atoms with Gasteiger partial charge in [0, 0.05) is 11.6 Å². The molecule has 0 aromatic heterocycles. The Morgan fingerprint density at radius 3 is 2.38 bits per heavy atom. The molecule has 4 heteroatoms. The molecule has 0 saturated carbocycles. The molecule has 0 bridgehead atoms. The molecule has 3 N–H and O–H groups in total. The van der Waals surface area contributed by atoms with Crippen LogP contribution in [0.5, 0.6) is 0 Å². The Labute approximate surface area is 95.5 Å². The monoisotopic (exact) mass is 219 g/mol. The first-order valence-corrected chi connectivity index (χ1v) is 5.20. The van der Waals surface area contributed by atoms with Crippen LogP contribution >= 0.6 is 0 Å². The number of hydrogen-bond acceptors (Lipinski definition) is 3. The number of anilines is 1. The molecule has 0 aliphatic rings. The summed E-state index contributed by atoms with van der Waals surface area (Å²) in [4.78, 5) is 11.3. The highest BCUT2D eigenvalue weighted by Gasteiger charge is 2.05. The van der Waals surface area contributed by atoms with Gasteiger partial charge in [-0.3, -0.25) is 4.79 Å². The number of nitrogens with zero attached hydrogens (tertiary/aromatic N) is 1. The molecule has 1 rings (SSSR count). The van der Waals surface area contributed by atoms with Gasteiger partial charge >= 0.3 is 0 Å². The molecule has 0 fully saturated rings. The number of benzene rings is 1. The number of nitrogen functional groups attached to an aromatic ring is 1. The summed E-state index contributed by atoms with van der Waals surface area (Å²) in [5.74, 6) is -0.155. The predicted molar refractivity (Wildman–Crippen MR) is 66.0 cm³/mol. The van der Waals surface area contributed by atoms with Crippen LogP contribution in [0.3, 0.4) is 0 Å². The summed E-state index contributed by atoms with van der Waals surface area (Å²) < 4.78 is 0. The third kappa shape index (κ3) is 3.38. The molecule has 0 aliphatic carbocycles. The average Bonchev–Trinajstić information content (AvgIpc) is 2.26. The van der Waals surface area contributed by atoms with Crippen molar-refractivity contribution in [2.45, 2.75) is 20.8 Å². The second-order valence-corrected chi connectivity index (χ2v) is 3.95. The van der Waals surface area contributed by atoms with Crippen molar-refractivity contribution in [1.82, 2.24) is 5.43 Å². The summed E-state index contributed by atoms with van der Waals surface area (Å²) in [6.45, 7) is 5.49. The maximum atomic E-state index is 11.3. The van der Waals surface area contributed by atoms with Gasteiger partial charge in [0.1, 0.15) is 0 Å². The summed E-state index contributed by atoms with van der Waals surface area (Å²) in [5.41, 5.74) is 10.5. The van der Waals surface area contributed by atoms with Crippen LogP contribution in [0, 0.1) is 5.92 Å². The number of amides is 1. The van der Waals surface area contributed by atoms with E-state index in [0.29, 0.717) is 5.69 Å². The van der Waals surface area contributed by atoms with Crippen molar-refractivity contribution in [2.24, 2.45) is 11.0 Å². The van der Waals surface area contributed by atoms with Crippen LogP contribution < -0.4 is 11.2 Å². The predicted octanol–water partition coefficient (Wildman–Crippen LogP) is 1.77. The molecule has 0 saturated heterocycles. The van der Waals surface area contributed by atoms with Crippen molar-refractivity contribution in [3.63, 3.8) is 0 Å². The lowest BCUT2D eigenvalue weighted by molar-refractivity contribution is -0.123. The van der Waals surface area contributed by atoms with Gasteiger partial charge in [-0.05, 0) is 24.6 Å². The van der Waals surface area contributed by atoms with Crippen LogP contribution in [-0.4, -0.2) is 11.6 Å². The number of nitrogens with one attached hydrogen (secondary N) is 1. The molecular weight excluding hydrogens is 202 g/mol. The quantitative estimate of drug-likeness (QED) is 0.462. The molecule has 1 amide bonds. The van der Waals surface area contributed by atoms with Crippen molar-refractivity contribution in [3.8, 4) is 0 Å². The number of hydrogen-bond donors (Lipinski definition) is 2. The molecule has 4 nitrogen and oxygen atoms in total. The minimum absolute atomic E-state index is 0.0667. The third-order valence-electron chi connectivity index (χ3n) is 2.19. The van der Waals surface area contributed by atoms with Gasteiger partial charge in [-0.1, -0.05) is 26.0 Å². The van der Waals surface area contributed by atoms with Gasteiger partial charge in [0.2, 0.25) is 5.91 Å². The summed E-state index contributed by atoms with van der Waals surface area (Å²) in [7, 11) is 0. The maximum absolute atomic E-state index is 11.3. The fraction of sp³-hybridized carbons (Fsp3) is 0.333. The Morgan fingerprint density at radius 1 is 1.31 bits per heavy atom. The van der Waals surface area contributed by atoms with Crippen LogP contribution in [0.25, 0.3) is 0 Å². The molecule has 0 spiro atoms. The first-order valence-electron chi connectivity index (χ1n) is 5.20. The zero-order chi connectivity index (χ0) is 12.1. The molecule has 16 heavy (non-hydrogen) atoms. The summed E-state index contributed by atoms with van der Waals surface area (Å²) in [6, 6.07) is 7.35. The van der Waals surface area contributed by atoms with Crippen molar-refractivity contribution < 1.29 is 4.79 Å². The van der Waals surface area contributed by atoms with Crippen molar-refractivity contribution in [2.75, 3.05) is 5.73 Å². The summed E-state index contributed by atoms with van der Waals surface area (Å²) in [6.07, 6.45) is 0. The van der Waals surface area contributed by atoms with E-state index >= 15 is 0 Å². The normalized spacial score (nSPS) is 11.6. The lowest BCUT2D eigenvalue weighted by atomic mass is 10.1. The number of rotatable bonds is 3. The smallest absolute Gasteiger partial charge is 0.242 e. The minimum atomic E-state index is -0.0882. The van der Waals surface area contributed by atoms with Crippen molar-refractivity contribution in [1.29, 1.82) is 0 Å². The van der Waals surface area contributed by atoms with E-state index in [2.05, 4.69) is 10.5 Å². The van der Waals surface area contributed by atoms with E-state index in [4.69, 9.17) is 5.73 Å². The van der Waals surface area contributed by atoms with E-state index in [1.54, 1.807) is 12.1 Å². The SMILES string of the molecule is CC(=NNC(=O)C(C)C)c1ccc(N)cc1. The molecule has 0 atom stereocenters. The van der Waals surface area contributed by atoms with Crippen molar-refractivity contribution in [3.05, 3.63) is 29.8 Å². The van der Waals surface area contributed by atoms with Crippen LogP contribution in [0.2, 0.25) is 0 Å². The van der Waals surface area contributed by atoms with Crippen LogP contribution in [0.1, 0.15) is 26.3 Å². The first kappa shape index (κ1) is 12.2. The van der Waals surface area contributed by atoms with Crippen molar-refractivity contribution >= 4 is 17.3 Å². The molecule has 1 aromatic carbocycles. The van der Waals surface area contributed by atoms with E-state index in [1.165, 1.54) is 0 Å². The standard InChI is InChI=1S/C12H17N3O/c1-8(2)12(16)15-14-9(3)10-4-6-11(13)7-5-10/h4-8H,13H2,1-3H3,(H,15,16). The first-order chi connectivity index (χ1) is 7.50. The molecule has 0 heterocycles. The van der Waals surface area contributed by atoms with Gasteiger partial charge in [-0.15, -0.1) is 0 Å². The number of carbonyl (C=O) groups excluding carboxylic acids is 1. The topological polar surface area (TPSA) is 67.5 Å². The zero-order valence-electron chi connectivity index (χ0n) is 9.82. The number of carbonyl (C=O) groups is 1. The largest absolute Gasteiger partial charge is 0.399 e. The lowest BCUT2D eigenvalue weighted by Crippen LogP contribution is -2.24. The van der Waals surface area contributed by atoms with Gasteiger partial charge in [0.05, 0.1) is 5.71 Å². The van der Waals surface area contributed by atoms with E-state index in [1.807, 2.05) is 32.9 Å². The molecule has 86 valence electrons. The Hall–Kier alpha value is -1.84. The van der Waals surface area contributed by atoms with Gasteiger partial charge in [-0.2, -0.15) is 5.10 Å². The lowest BCUT2D eigenvalue weighted by Gasteiger charge is -2.04. The molecule has 0 aliphatic heterocycles. The average molecular weight is 219 g/mol. The van der Waals surface area contributed by atoms with Gasteiger partial charge < -0.3 is 5.73 Å². The molecule has 0 unspecified atom stereocenters.